The predicted molar refractivity (Wildman–Crippen MR) is 79.7 cm³/mol. The molecule has 100 valence electrons. The number of rotatable bonds is 6. The van der Waals surface area contributed by atoms with Gasteiger partial charge in [-0.2, -0.15) is 0 Å². The van der Waals surface area contributed by atoms with Crippen molar-refractivity contribution in [3.05, 3.63) is 65.7 Å². The lowest BCUT2D eigenvalue weighted by Crippen LogP contribution is -2.19. The highest BCUT2D eigenvalue weighted by molar-refractivity contribution is 5.37. The van der Waals surface area contributed by atoms with Gasteiger partial charge in [0.15, 0.2) is 0 Å². The zero-order valence-corrected chi connectivity index (χ0v) is 11.6. The van der Waals surface area contributed by atoms with Gasteiger partial charge in [0.25, 0.3) is 0 Å². The molecular weight excluding hydrogens is 234 g/mol. The molecule has 0 saturated heterocycles. The molecule has 2 heteroatoms. The summed E-state index contributed by atoms with van der Waals surface area (Å²) in [5.41, 5.74) is 2.30. The summed E-state index contributed by atoms with van der Waals surface area (Å²) >= 11 is 0. The molecule has 0 aliphatic heterocycles. The maximum atomic E-state index is 7.78. The molecule has 0 radical (unpaired) electrons. The summed E-state index contributed by atoms with van der Waals surface area (Å²) in [6, 6.07) is 16.4. The Morgan fingerprint density at radius 1 is 1.05 bits per heavy atom. The highest BCUT2D eigenvalue weighted by Crippen LogP contribution is 2.21. The second-order valence-electron chi connectivity index (χ2n) is 4.85. The first-order chi connectivity index (χ1) is 9.65. The van der Waals surface area contributed by atoms with E-state index in [1.54, 1.807) is 6.07 Å². The number of benzene rings is 2. The van der Waals surface area contributed by atoms with Crippen LogP contribution in [-0.4, -0.2) is 32.1 Å². The van der Waals surface area contributed by atoms with Gasteiger partial charge < -0.3 is 9.64 Å². The number of ether oxygens (including phenoxy) is 1. The van der Waals surface area contributed by atoms with Crippen LogP contribution in [0.4, 0.5) is 0 Å². The number of likely N-dealkylation sites (N-methyl/N-ethyl adjacent to an activating group) is 1. The van der Waals surface area contributed by atoms with E-state index in [1.807, 2.05) is 44.4 Å². The van der Waals surface area contributed by atoms with Gasteiger partial charge in [-0.25, -0.2) is 0 Å². The molecule has 0 bridgehead atoms. The van der Waals surface area contributed by atoms with Gasteiger partial charge in [-0.1, -0.05) is 48.5 Å². The van der Waals surface area contributed by atoms with Crippen LogP contribution in [0, 0.1) is 0 Å². The molecule has 2 rings (SSSR count). The lowest BCUT2D eigenvalue weighted by molar-refractivity contribution is 0.260. The average molecular weight is 256 g/mol. The summed E-state index contributed by atoms with van der Waals surface area (Å²) in [5.74, 6) is 0.881. The number of hydrogen-bond donors (Lipinski definition) is 0. The van der Waals surface area contributed by atoms with Crippen LogP contribution in [0.15, 0.2) is 54.6 Å². The molecular formula is C17H21NO. The van der Waals surface area contributed by atoms with E-state index in [0.717, 1.165) is 24.3 Å². The van der Waals surface area contributed by atoms with Gasteiger partial charge in [-0.05, 0) is 31.3 Å². The van der Waals surface area contributed by atoms with Crippen LogP contribution in [0.5, 0.6) is 5.75 Å². The Balaban J connectivity index is 2.11. The van der Waals surface area contributed by atoms with Crippen LogP contribution < -0.4 is 4.74 Å². The highest BCUT2D eigenvalue weighted by Gasteiger charge is 2.04. The molecule has 0 unspecified atom stereocenters. The molecule has 0 N–H and O–H groups in total. The Morgan fingerprint density at radius 2 is 1.84 bits per heavy atom. The van der Waals surface area contributed by atoms with Crippen molar-refractivity contribution < 1.29 is 6.11 Å². The molecule has 0 atom stereocenters. The first kappa shape index (κ1) is 12.2. The van der Waals surface area contributed by atoms with E-state index in [2.05, 4.69) is 17.0 Å². The van der Waals surface area contributed by atoms with Crippen LogP contribution in [0.1, 0.15) is 12.5 Å². The lowest BCUT2D eigenvalue weighted by atomic mass is 10.0. The first-order valence-electron chi connectivity index (χ1n) is 7.06. The Kier molecular flexibility index (Phi) is 4.48. The Labute approximate surface area is 117 Å². The van der Waals surface area contributed by atoms with Crippen molar-refractivity contribution in [3.63, 3.8) is 0 Å². The van der Waals surface area contributed by atoms with E-state index in [9.17, 15) is 0 Å². The van der Waals surface area contributed by atoms with Gasteiger partial charge in [0.1, 0.15) is 12.4 Å². The third kappa shape index (κ3) is 4.42. The van der Waals surface area contributed by atoms with E-state index in [-0.39, 0.29) is 0 Å². The molecule has 2 aromatic carbocycles. The summed E-state index contributed by atoms with van der Waals surface area (Å²) in [7, 11) is 4.06. The summed E-state index contributed by atoms with van der Waals surface area (Å²) in [5, 5.41) is 0. The fourth-order valence-corrected chi connectivity index (χ4v) is 1.88. The van der Waals surface area contributed by atoms with Gasteiger partial charge in [-0.3, -0.25) is 0 Å². The second kappa shape index (κ2) is 6.95. The van der Waals surface area contributed by atoms with Gasteiger partial charge in [0.2, 0.25) is 0 Å². The van der Waals surface area contributed by atoms with E-state index in [0.29, 0.717) is 12.6 Å². The molecule has 0 spiro atoms. The average Bonchev–Trinajstić information content (AvgIpc) is 2.42. The van der Waals surface area contributed by atoms with Crippen molar-refractivity contribution in [2.24, 2.45) is 0 Å². The Bertz CT molecular complexity index is 540. The second-order valence-corrected chi connectivity index (χ2v) is 4.85. The maximum absolute atomic E-state index is 7.78. The van der Waals surface area contributed by atoms with Crippen molar-refractivity contribution >= 4 is 0 Å². The molecule has 0 aliphatic carbocycles. The molecule has 0 amide bonds. The molecule has 0 saturated carbocycles. The molecule has 0 fully saturated rings. The summed E-state index contributed by atoms with van der Waals surface area (Å²) in [6.07, 6.45) is 0.796. The molecule has 19 heavy (non-hydrogen) atoms. The zero-order chi connectivity index (χ0) is 14.4. The molecule has 0 heterocycles. The van der Waals surface area contributed by atoms with Crippen molar-refractivity contribution in [1.29, 1.82) is 0 Å². The number of nitrogens with zero attached hydrogens (tertiary/aromatic N) is 1. The van der Waals surface area contributed by atoms with Crippen LogP contribution in [0.3, 0.4) is 0 Å². The van der Waals surface area contributed by atoms with Crippen LogP contribution in [0.2, 0.25) is 0 Å². The predicted octanol–water partition coefficient (Wildman–Crippen LogP) is 3.22. The minimum absolute atomic E-state index is 0.524. The van der Waals surface area contributed by atoms with Crippen molar-refractivity contribution in [3.8, 4) is 5.75 Å². The van der Waals surface area contributed by atoms with Crippen molar-refractivity contribution in [2.75, 3.05) is 27.2 Å². The molecule has 2 aromatic rings. The third-order valence-electron chi connectivity index (χ3n) is 2.94. The van der Waals surface area contributed by atoms with Gasteiger partial charge in [0, 0.05) is 13.0 Å². The van der Waals surface area contributed by atoms with Crippen LogP contribution >= 0.6 is 0 Å². The summed E-state index contributed by atoms with van der Waals surface area (Å²) in [4.78, 5) is 2.09. The zero-order valence-electron chi connectivity index (χ0n) is 12.6. The highest BCUT2D eigenvalue weighted by atomic mass is 16.5. The smallest absolute Gasteiger partial charge is 0.122 e. The topological polar surface area (TPSA) is 12.5 Å². The number of para-hydroxylation sites is 1. The lowest BCUT2D eigenvalue weighted by Gasteiger charge is -2.14. The van der Waals surface area contributed by atoms with Gasteiger partial charge >= 0.3 is 0 Å². The molecule has 0 aromatic heterocycles. The van der Waals surface area contributed by atoms with Crippen LogP contribution in [0.25, 0.3) is 0 Å². The standard InChI is InChI=1S/C17H21NO/c1-18(2)12-13-19-17-11-7-6-10-16(17)14-15-8-4-3-5-9-15/h3-11H,12-14H2,1-2H3/i6D. The fourth-order valence-electron chi connectivity index (χ4n) is 1.88. The molecule has 0 aliphatic rings. The normalized spacial score (nSPS) is 11.4. The molecule has 2 nitrogen and oxygen atoms in total. The van der Waals surface area contributed by atoms with Gasteiger partial charge in [-0.15, -0.1) is 0 Å². The fraction of sp³-hybridized carbons (Fsp3) is 0.294. The van der Waals surface area contributed by atoms with E-state index in [4.69, 9.17) is 6.11 Å². The SMILES string of the molecule is [2H]c1ccc(OCCN(C)C)c(Cc2ccccc2)c1. The quantitative estimate of drug-likeness (QED) is 0.787. The van der Waals surface area contributed by atoms with Crippen molar-refractivity contribution in [2.45, 2.75) is 6.42 Å². The minimum atomic E-state index is 0.524. The van der Waals surface area contributed by atoms with E-state index < -0.39 is 0 Å². The third-order valence-corrected chi connectivity index (χ3v) is 2.94. The van der Waals surface area contributed by atoms with E-state index >= 15 is 0 Å². The maximum Gasteiger partial charge on any atom is 0.122 e. The monoisotopic (exact) mass is 256 g/mol. The largest absolute Gasteiger partial charge is 0.492 e. The number of hydrogen-bond acceptors (Lipinski definition) is 2. The summed E-state index contributed by atoms with van der Waals surface area (Å²) in [6.45, 7) is 1.54. The van der Waals surface area contributed by atoms with Crippen LogP contribution in [-0.2, 0) is 6.42 Å². The summed E-state index contributed by atoms with van der Waals surface area (Å²) < 4.78 is 13.6. The van der Waals surface area contributed by atoms with Crippen molar-refractivity contribution in [1.82, 2.24) is 4.90 Å². The minimum Gasteiger partial charge on any atom is -0.492 e. The Morgan fingerprint density at radius 3 is 2.58 bits per heavy atom. The van der Waals surface area contributed by atoms with Gasteiger partial charge in [0.05, 0.1) is 1.37 Å². The first-order valence-corrected chi connectivity index (χ1v) is 6.56. The Hall–Kier alpha value is -1.80. The van der Waals surface area contributed by atoms with E-state index in [1.165, 1.54) is 5.56 Å².